The Morgan fingerprint density at radius 3 is 2.52 bits per heavy atom. The van der Waals surface area contributed by atoms with Crippen molar-refractivity contribution in [1.29, 1.82) is 0 Å². The molecule has 3 heteroatoms. The SMILES string of the molecule is CCn1c(C)c(CC(N)C(C)C)c2cc3c(cc21)CNC3. The molecular formula is C18H27N3. The van der Waals surface area contributed by atoms with Crippen molar-refractivity contribution in [3.8, 4) is 0 Å². The molecule has 0 radical (unpaired) electrons. The van der Waals surface area contributed by atoms with Gasteiger partial charge < -0.3 is 15.6 Å². The fourth-order valence-electron chi connectivity index (χ4n) is 3.48. The Hall–Kier alpha value is -1.32. The molecule has 2 heterocycles. The maximum Gasteiger partial charge on any atom is 0.0488 e. The van der Waals surface area contributed by atoms with Gasteiger partial charge >= 0.3 is 0 Å². The van der Waals surface area contributed by atoms with E-state index in [-0.39, 0.29) is 6.04 Å². The first kappa shape index (κ1) is 14.6. The van der Waals surface area contributed by atoms with E-state index in [0.717, 1.165) is 26.1 Å². The first-order chi connectivity index (χ1) is 10.0. The summed E-state index contributed by atoms with van der Waals surface area (Å²) in [4.78, 5) is 0. The highest BCUT2D eigenvalue weighted by atomic mass is 15.0. The lowest BCUT2D eigenvalue weighted by molar-refractivity contribution is 0.490. The Labute approximate surface area is 127 Å². The van der Waals surface area contributed by atoms with Crippen LogP contribution in [0.15, 0.2) is 12.1 Å². The van der Waals surface area contributed by atoms with Crippen molar-refractivity contribution in [3.63, 3.8) is 0 Å². The lowest BCUT2D eigenvalue weighted by Gasteiger charge is -2.16. The van der Waals surface area contributed by atoms with Gasteiger partial charge in [0.2, 0.25) is 0 Å². The maximum absolute atomic E-state index is 6.35. The summed E-state index contributed by atoms with van der Waals surface area (Å²) >= 11 is 0. The van der Waals surface area contributed by atoms with E-state index < -0.39 is 0 Å². The van der Waals surface area contributed by atoms with Crippen molar-refractivity contribution in [2.24, 2.45) is 11.7 Å². The molecule has 3 nitrogen and oxygen atoms in total. The summed E-state index contributed by atoms with van der Waals surface area (Å²) in [7, 11) is 0. The summed E-state index contributed by atoms with van der Waals surface area (Å²) in [6.07, 6.45) is 0.971. The van der Waals surface area contributed by atoms with E-state index in [9.17, 15) is 0 Å². The molecule has 0 saturated heterocycles. The molecule has 0 saturated carbocycles. The monoisotopic (exact) mass is 285 g/mol. The second-order valence-electron chi connectivity index (χ2n) is 6.66. The van der Waals surface area contributed by atoms with Crippen LogP contribution in [-0.4, -0.2) is 10.6 Å². The van der Waals surface area contributed by atoms with Gasteiger partial charge in [-0.1, -0.05) is 13.8 Å². The molecule has 0 spiro atoms. The molecule has 1 atom stereocenters. The Morgan fingerprint density at radius 1 is 1.24 bits per heavy atom. The summed E-state index contributed by atoms with van der Waals surface area (Å²) in [5.74, 6) is 0.514. The summed E-state index contributed by atoms with van der Waals surface area (Å²) in [6.45, 7) is 11.9. The van der Waals surface area contributed by atoms with Crippen molar-refractivity contribution in [2.45, 2.75) is 59.8 Å². The zero-order chi connectivity index (χ0) is 15.1. The van der Waals surface area contributed by atoms with Gasteiger partial charge in [0, 0.05) is 42.3 Å². The Bertz CT molecular complexity index is 667. The maximum atomic E-state index is 6.35. The van der Waals surface area contributed by atoms with Gasteiger partial charge in [0.1, 0.15) is 0 Å². The van der Waals surface area contributed by atoms with Gasteiger partial charge in [-0.25, -0.2) is 0 Å². The first-order valence-corrected chi connectivity index (χ1v) is 8.12. The minimum absolute atomic E-state index is 0.228. The number of hydrogen-bond acceptors (Lipinski definition) is 2. The number of aryl methyl sites for hydroxylation is 1. The Balaban J connectivity index is 2.16. The third kappa shape index (κ3) is 2.39. The molecule has 1 aromatic heterocycles. The minimum atomic E-state index is 0.228. The van der Waals surface area contributed by atoms with Crippen LogP contribution in [0, 0.1) is 12.8 Å². The third-order valence-electron chi connectivity index (χ3n) is 5.02. The van der Waals surface area contributed by atoms with Crippen LogP contribution in [0.1, 0.15) is 43.2 Å². The lowest BCUT2D eigenvalue weighted by atomic mass is 9.95. The van der Waals surface area contributed by atoms with Crippen molar-refractivity contribution in [1.82, 2.24) is 9.88 Å². The molecule has 1 aromatic carbocycles. The van der Waals surface area contributed by atoms with Crippen LogP contribution >= 0.6 is 0 Å². The second-order valence-corrected chi connectivity index (χ2v) is 6.66. The zero-order valence-electron chi connectivity index (χ0n) is 13.7. The number of benzene rings is 1. The number of nitrogens with zero attached hydrogens (tertiary/aromatic N) is 1. The molecule has 0 bridgehead atoms. The number of rotatable bonds is 4. The van der Waals surface area contributed by atoms with Gasteiger partial charge in [0.15, 0.2) is 0 Å². The molecule has 1 unspecified atom stereocenters. The largest absolute Gasteiger partial charge is 0.345 e. The normalized spacial score (nSPS) is 15.9. The van der Waals surface area contributed by atoms with Gasteiger partial charge in [-0.15, -0.1) is 0 Å². The first-order valence-electron chi connectivity index (χ1n) is 8.12. The predicted molar refractivity (Wildman–Crippen MR) is 89.4 cm³/mol. The van der Waals surface area contributed by atoms with E-state index in [1.54, 1.807) is 0 Å². The molecule has 3 N–H and O–H groups in total. The number of fused-ring (bicyclic) bond motifs is 2. The molecule has 0 amide bonds. The van der Waals surface area contributed by atoms with E-state index in [0.29, 0.717) is 5.92 Å². The van der Waals surface area contributed by atoms with Crippen molar-refractivity contribution >= 4 is 10.9 Å². The number of hydrogen-bond donors (Lipinski definition) is 2. The van der Waals surface area contributed by atoms with Gasteiger partial charge in [0.25, 0.3) is 0 Å². The van der Waals surface area contributed by atoms with E-state index in [4.69, 9.17) is 5.73 Å². The average Bonchev–Trinajstić information content (AvgIpc) is 3.00. The van der Waals surface area contributed by atoms with Crippen molar-refractivity contribution < 1.29 is 0 Å². The molecule has 2 aromatic rings. The molecule has 1 aliphatic heterocycles. The summed E-state index contributed by atoms with van der Waals surface area (Å²) in [5, 5.41) is 4.86. The van der Waals surface area contributed by atoms with Crippen LogP contribution in [0.2, 0.25) is 0 Å². The zero-order valence-corrected chi connectivity index (χ0v) is 13.7. The fraction of sp³-hybridized carbons (Fsp3) is 0.556. The summed E-state index contributed by atoms with van der Waals surface area (Å²) in [5.41, 5.74) is 13.5. The number of aromatic nitrogens is 1. The van der Waals surface area contributed by atoms with E-state index in [1.807, 2.05) is 0 Å². The van der Waals surface area contributed by atoms with Gasteiger partial charge in [-0.2, -0.15) is 0 Å². The molecule has 3 rings (SSSR count). The standard InChI is InChI=1S/C18H27N3/c1-5-21-12(4)15(8-17(19)11(2)3)16-6-13-9-20-10-14(13)7-18(16)21/h6-7,11,17,20H,5,8-10,19H2,1-4H3. The molecule has 21 heavy (non-hydrogen) atoms. The topological polar surface area (TPSA) is 43.0 Å². The molecule has 1 aliphatic rings. The Morgan fingerprint density at radius 2 is 1.90 bits per heavy atom. The molecule has 0 aliphatic carbocycles. The highest BCUT2D eigenvalue weighted by Gasteiger charge is 2.20. The van der Waals surface area contributed by atoms with Gasteiger partial charge in [-0.05, 0) is 55.0 Å². The van der Waals surface area contributed by atoms with E-state index in [1.165, 1.54) is 33.3 Å². The van der Waals surface area contributed by atoms with Crippen molar-refractivity contribution in [3.05, 3.63) is 34.5 Å². The van der Waals surface area contributed by atoms with Crippen LogP contribution in [-0.2, 0) is 26.1 Å². The predicted octanol–water partition coefficient (Wildman–Crippen LogP) is 3.10. The highest BCUT2D eigenvalue weighted by Crippen LogP contribution is 2.31. The quantitative estimate of drug-likeness (QED) is 0.906. The summed E-state index contributed by atoms with van der Waals surface area (Å²) in [6, 6.07) is 5.00. The fourth-order valence-corrected chi connectivity index (χ4v) is 3.48. The second kappa shape index (κ2) is 5.47. The van der Waals surface area contributed by atoms with Crippen LogP contribution in [0.25, 0.3) is 10.9 Å². The number of nitrogens with one attached hydrogen (secondary N) is 1. The summed E-state index contributed by atoms with van der Waals surface area (Å²) < 4.78 is 2.44. The Kier molecular flexibility index (Phi) is 3.80. The minimum Gasteiger partial charge on any atom is -0.345 e. The van der Waals surface area contributed by atoms with Gasteiger partial charge in [0.05, 0.1) is 0 Å². The smallest absolute Gasteiger partial charge is 0.0488 e. The van der Waals surface area contributed by atoms with Crippen LogP contribution in [0.5, 0.6) is 0 Å². The van der Waals surface area contributed by atoms with Crippen molar-refractivity contribution in [2.75, 3.05) is 0 Å². The lowest BCUT2D eigenvalue weighted by Crippen LogP contribution is -2.29. The van der Waals surface area contributed by atoms with E-state index in [2.05, 4.69) is 49.7 Å². The molecular weight excluding hydrogens is 258 g/mol. The van der Waals surface area contributed by atoms with E-state index >= 15 is 0 Å². The highest BCUT2D eigenvalue weighted by molar-refractivity contribution is 5.87. The molecule has 114 valence electrons. The van der Waals surface area contributed by atoms with Crippen LogP contribution < -0.4 is 11.1 Å². The van der Waals surface area contributed by atoms with Crippen LogP contribution in [0.4, 0.5) is 0 Å². The van der Waals surface area contributed by atoms with Gasteiger partial charge in [-0.3, -0.25) is 0 Å². The molecule has 0 fully saturated rings. The third-order valence-corrected chi connectivity index (χ3v) is 5.02. The van der Waals surface area contributed by atoms with Crippen LogP contribution in [0.3, 0.4) is 0 Å². The average molecular weight is 285 g/mol. The number of nitrogens with two attached hydrogens (primary N) is 1.